The normalized spacial score (nSPS) is 11.0. The van der Waals surface area contributed by atoms with Gasteiger partial charge in [-0.15, -0.1) is 0 Å². The smallest absolute Gasteiger partial charge is 0.333 e. The van der Waals surface area contributed by atoms with Crippen molar-refractivity contribution < 1.29 is 4.92 Å². The second-order valence-corrected chi connectivity index (χ2v) is 3.79. The molecule has 10 nitrogen and oxygen atoms in total. The van der Waals surface area contributed by atoms with Gasteiger partial charge in [-0.05, 0) is 6.92 Å². The molecule has 3 aromatic rings. The van der Waals surface area contributed by atoms with Crippen LogP contribution in [-0.2, 0) is 0 Å². The van der Waals surface area contributed by atoms with Crippen molar-refractivity contribution in [3.63, 3.8) is 0 Å². The summed E-state index contributed by atoms with van der Waals surface area (Å²) in [5, 5.41) is 15.0. The lowest BCUT2D eigenvalue weighted by Crippen LogP contribution is -2.06. The van der Waals surface area contributed by atoms with Gasteiger partial charge >= 0.3 is 5.69 Å². The molecular formula is C9H8N8O2. The zero-order valence-corrected chi connectivity index (χ0v) is 9.73. The first kappa shape index (κ1) is 11.1. The Bertz CT molecular complexity index is 789. The summed E-state index contributed by atoms with van der Waals surface area (Å²) in [4.78, 5) is 25.2. The number of nitrogens with two attached hydrogens (primary N) is 1. The van der Waals surface area contributed by atoms with Crippen molar-refractivity contribution in [2.24, 2.45) is 0 Å². The first-order chi connectivity index (χ1) is 9.09. The van der Waals surface area contributed by atoms with E-state index in [0.29, 0.717) is 17.0 Å². The van der Waals surface area contributed by atoms with Crippen LogP contribution in [0.5, 0.6) is 0 Å². The minimum atomic E-state index is -0.570. The molecule has 0 atom stereocenters. The number of rotatable bonds is 2. The first-order valence-corrected chi connectivity index (χ1v) is 5.23. The summed E-state index contributed by atoms with van der Waals surface area (Å²) in [7, 11) is 0. The van der Waals surface area contributed by atoms with E-state index in [1.54, 1.807) is 0 Å². The molecule has 0 radical (unpaired) electrons. The van der Waals surface area contributed by atoms with Crippen LogP contribution in [0.25, 0.3) is 17.0 Å². The molecule has 19 heavy (non-hydrogen) atoms. The second kappa shape index (κ2) is 3.73. The monoisotopic (exact) mass is 260 g/mol. The van der Waals surface area contributed by atoms with Crippen molar-refractivity contribution in [1.82, 2.24) is 29.7 Å². The topological polar surface area (TPSA) is 141 Å². The molecule has 0 spiro atoms. The van der Waals surface area contributed by atoms with E-state index in [-0.39, 0.29) is 17.2 Å². The number of anilines is 1. The first-order valence-electron chi connectivity index (χ1n) is 5.23. The van der Waals surface area contributed by atoms with E-state index in [2.05, 4.69) is 25.0 Å². The van der Waals surface area contributed by atoms with E-state index in [1.807, 2.05) is 0 Å². The number of aromatic nitrogens is 6. The SMILES string of the molecule is Cc1nn(-c2ncnc3nc[nH]c23)c(N)c1[N+](=O)[O-]. The highest BCUT2D eigenvalue weighted by Gasteiger charge is 2.25. The Balaban J connectivity index is 2.31. The third-order valence-electron chi connectivity index (χ3n) is 2.65. The molecule has 0 aliphatic heterocycles. The number of nitrogen functional groups attached to an aromatic ring is 1. The van der Waals surface area contributed by atoms with Crippen LogP contribution in [-0.4, -0.2) is 34.6 Å². The third-order valence-corrected chi connectivity index (χ3v) is 2.65. The highest BCUT2D eigenvalue weighted by molar-refractivity contribution is 5.78. The number of aromatic amines is 1. The third kappa shape index (κ3) is 1.50. The van der Waals surface area contributed by atoms with Crippen LogP contribution in [0.2, 0.25) is 0 Å². The van der Waals surface area contributed by atoms with Crippen molar-refractivity contribution in [2.75, 3.05) is 5.73 Å². The minimum Gasteiger partial charge on any atom is -0.378 e. The number of nitrogens with zero attached hydrogens (tertiary/aromatic N) is 6. The molecule has 0 saturated carbocycles. The van der Waals surface area contributed by atoms with Crippen molar-refractivity contribution in [2.45, 2.75) is 6.92 Å². The van der Waals surface area contributed by atoms with Crippen molar-refractivity contribution >= 4 is 22.7 Å². The van der Waals surface area contributed by atoms with Gasteiger partial charge in [-0.1, -0.05) is 0 Å². The molecule has 0 aliphatic carbocycles. The van der Waals surface area contributed by atoms with E-state index < -0.39 is 4.92 Å². The van der Waals surface area contributed by atoms with Gasteiger partial charge in [-0.25, -0.2) is 15.0 Å². The van der Waals surface area contributed by atoms with Crippen LogP contribution in [0.4, 0.5) is 11.5 Å². The summed E-state index contributed by atoms with van der Waals surface area (Å²) < 4.78 is 1.20. The standard InChI is InChI=1S/C9H8N8O2/c1-4-6(17(18)19)7(10)16(15-4)9-5-8(12-2-11-5)13-3-14-9/h2-3H,10H2,1H3,(H,11,12,13,14). The zero-order valence-electron chi connectivity index (χ0n) is 9.73. The van der Waals surface area contributed by atoms with Crippen LogP contribution < -0.4 is 5.73 Å². The molecule has 96 valence electrons. The fourth-order valence-corrected chi connectivity index (χ4v) is 1.84. The zero-order chi connectivity index (χ0) is 13.6. The Labute approximate surface area is 105 Å². The van der Waals surface area contributed by atoms with Gasteiger partial charge in [0.25, 0.3) is 0 Å². The van der Waals surface area contributed by atoms with Crippen molar-refractivity contribution in [1.29, 1.82) is 0 Å². The number of imidazole rings is 1. The fraction of sp³-hybridized carbons (Fsp3) is 0.111. The molecule has 10 heteroatoms. The Kier molecular flexibility index (Phi) is 2.17. The Morgan fingerprint density at radius 2 is 2.21 bits per heavy atom. The molecule has 3 heterocycles. The molecule has 0 fully saturated rings. The lowest BCUT2D eigenvalue weighted by molar-refractivity contribution is -0.384. The highest BCUT2D eigenvalue weighted by Crippen LogP contribution is 2.28. The molecule has 0 bridgehead atoms. The number of nitro groups is 1. The summed E-state index contributed by atoms with van der Waals surface area (Å²) in [5.41, 5.74) is 6.68. The van der Waals surface area contributed by atoms with Gasteiger partial charge in [0.15, 0.2) is 11.5 Å². The van der Waals surface area contributed by atoms with Crippen LogP contribution in [0.1, 0.15) is 5.69 Å². The Hall–Kier alpha value is -3.04. The average Bonchev–Trinajstić information content (AvgIpc) is 2.93. The van der Waals surface area contributed by atoms with Gasteiger partial charge in [0.2, 0.25) is 5.82 Å². The largest absolute Gasteiger partial charge is 0.378 e. The second-order valence-electron chi connectivity index (χ2n) is 3.79. The predicted molar refractivity (Wildman–Crippen MR) is 64.6 cm³/mol. The molecule has 0 aromatic carbocycles. The Morgan fingerprint density at radius 3 is 2.89 bits per heavy atom. The molecule has 3 N–H and O–H groups in total. The van der Waals surface area contributed by atoms with Gasteiger partial charge in [0.1, 0.15) is 17.5 Å². The van der Waals surface area contributed by atoms with E-state index in [0.717, 1.165) is 0 Å². The van der Waals surface area contributed by atoms with Crippen LogP contribution in [0.15, 0.2) is 12.7 Å². The molecule has 0 amide bonds. The van der Waals surface area contributed by atoms with E-state index >= 15 is 0 Å². The van der Waals surface area contributed by atoms with Gasteiger partial charge < -0.3 is 10.7 Å². The van der Waals surface area contributed by atoms with Gasteiger partial charge in [0.05, 0.1) is 11.3 Å². The minimum absolute atomic E-state index is 0.0860. The van der Waals surface area contributed by atoms with Gasteiger partial charge in [0, 0.05) is 0 Å². The molecule has 0 aliphatic rings. The Morgan fingerprint density at radius 1 is 1.42 bits per heavy atom. The number of H-pyrrole nitrogens is 1. The average molecular weight is 260 g/mol. The number of hydrogen-bond acceptors (Lipinski definition) is 7. The van der Waals surface area contributed by atoms with Crippen LogP contribution in [0, 0.1) is 17.0 Å². The lowest BCUT2D eigenvalue weighted by Gasteiger charge is -2.02. The van der Waals surface area contributed by atoms with Gasteiger partial charge in [-0.2, -0.15) is 9.78 Å². The fourth-order valence-electron chi connectivity index (χ4n) is 1.84. The summed E-state index contributed by atoms with van der Waals surface area (Å²) in [5.74, 6) is 0.230. The molecule has 3 rings (SSSR count). The summed E-state index contributed by atoms with van der Waals surface area (Å²) >= 11 is 0. The molecule has 0 unspecified atom stereocenters. The van der Waals surface area contributed by atoms with E-state index in [4.69, 9.17) is 5.73 Å². The maximum absolute atomic E-state index is 10.9. The maximum Gasteiger partial charge on any atom is 0.333 e. The number of fused-ring (bicyclic) bond motifs is 1. The summed E-state index contributed by atoms with van der Waals surface area (Å²) in [6.07, 6.45) is 2.74. The molecule has 3 aromatic heterocycles. The summed E-state index contributed by atoms with van der Waals surface area (Å²) in [6.45, 7) is 1.51. The van der Waals surface area contributed by atoms with Crippen LogP contribution >= 0.6 is 0 Å². The predicted octanol–water partition coefficient (Wildman–Crippen LogP) is 0.337. The van der Waals surface area contributed by atoms with E-state index in [1.165, 1.54) is 24.3 Å². The number of aryl methyl sites for hydroxylation is 1. The quantitative estimate of drug-likeness (QED) is 0.499. The van der Waals surface area contributed by atoms with Crippen molar-refractivity contribution in [3.05, 3.63) is 28.5 Å². The molecular weight excluding hydrogens is 252 g/mol. The van der Waals surface area contributed by atoms with Gasteiger partial charge in [-0.3, -0.25) is 10.1 Å². The maximum atomic E-state index is 10.9. The van der Waals surface area contributed by atoms with E-state index in [9.17, 15) is 10.1 Å². The summed E-state index contributed by atoms with van der Waals surface area (Å²) in [6, 6.07) is 0. The van der Waals surface area contributed by atoms with Crippen LogP contribution in [0.3, 0.4) is 0 Å². The number of hydrogen-bond donors (Lipinski definition) is 2. The molecule has 0 saturated heterocycles. The highest BCUT2D eigenvalue weighted by atomic mass is 16.6. The van der Waals surface area contributed by atoms with Crippen molar-refractivity contribution in [3.8, 4) is 5.82 Å². The number of nitrogens with one attached hydrogen (secondary N) is 1. The lowest BCUT2D eigenvalue weighted by atomic mass is 10.4.